The number of carbonyl (C=O) groups is 1. The van der Waals surface area contributed by atoms with Crippen LogP contribution in [0.4, 0.5) is 11.4 Å². The van der Waals surface area contributed by atoms with E-state index in [2.05, 4.69) is 33.6 Å². The molecule has 1 aliphatic heterocycles. The molecule has 0 bridgehead atoms. The number of rotatable bonds is 3. The molecule has 1 saturated carbocycles. The van der Waals surface area contributed by atoms with Crippen LogP contribution in [0.5, 0.6) is 0 Å². The van der Waals surface area contributed by atoms with Gasteiger partial charge in [-0.05, 0) is 0 Å². The quantitative estimate of drug-likeness (QED) is 0.844. The third kappa shape index (κ3) is 2.94. The number of nitrogens with zero attached hydrogens (tertiary/aromatic N) is 2. The number of hydrogen-bond acceptors (Lipinski definition) is 4. The van der Waals surface area contributed by atoms with Crippen molar-refractivity contribution in [3.05, 3.63) is 60.7 Å². The van der Waals surface area contributed by atoms with E-state index in [1.54, 1.807) is 0 Å². The minimum absolute atomic E-state index is 0.0525. The van der Waals surface area contributed by atoms with Gasteiger partial charge < -0.3 is 0 Å². The maximum absolute atomic E-state index is 12.1. The molecule has 4 rings (SSSR count). The number of para-hydroxylation sites is 2. The van der Waals surface area contributed by atoms with Crippen LogP contribution in [0.25, 0.3) is 0 Å². The van der Waals surface area contributed by atoms with E-state index in [-0.39, 0.29) is 5.66 Å². The Hall–Kier alpha value is -1.90. The van der Waals surface area contributed by atoms with Gasteiger partial charge in [-0.25, -0.2) is 0 Å². The Kier molecular flexibility index (Phi) is 4.49. The molecule has 1 saturated heterocycles. The molecule has 1 unspecified atom stereocenters. The van der Waals surface area contributed by atoms with Gasteiger partial charge in [0.15, 0.2) is 0 Å². The van der Waals surface area contributed by atoms with Crippen LogP contribution in [0, 0.1) is 0 Å². The normalized spacial score (nSPS) is 24.4. The Morgan fingerprint density at radius 2 is 1.40 bits per heavy atom. The van der Waals surface area contributed by atoms with Crippen LogP contribution in [-0.4, -0.2) is 29.4 Å². The molecule has 1 N–H and O–H groups in total. The zero-order chi connectivity index (χ0) is 17.3. The van der Waals surface area contributed by atoms with Crippen LogP contribution in [0.15, 0.2) is 60.7 Å². The van der Waals surface area contributed by atoms with Crippen LogP contribution in [0.3, 0.4) is 0 Å². The van der Waals surface area contributed by atoms with Crippen molar-refractivity contribution >= 4 is 24.9 Å². The molecule has 0 spiro atoms. The summed E-state index contributed by atoms with van der Waals surface area (Å²) in [7, 11) is -3.02. The van der Waals surface area contributed by atoms with Gasteiger partial charge in [0.25, 0.3) is 0 Å². The topological polar surface area (TPSA) is 43.8 Å². The zero-order valence-electron chi connectivity index (χ0n) is 14.3. The van der Waals surface area contributed by atoms with E-state index in [9.17, 15) is 9.69 Å². The van der Waals surface area contributed by atoms with Crippen molar-refractivity contribution in [2.75, 3.05) is 22.4 Å². The molecule has 2 aliphatic rings. The number of hydrogen-bond donors (Lipinski definition) is 1. The molecule has 0 radical (unpaired) electrons. The average molecular weight is 356 g/mol. The van der Waals surface area contributed by atoms with E-state index < -0.39 is 7.79 Å². The second-order valence-electron chi connectivity index (χ2n) is 6.99. The van der Waals surface area contributed by atoms with Gasteiger partial charge in [-0.1, -0.05) is 0 Å². The van der Waals surface area contributed by atoms with Crippen LogP contribution in [0.1, 0.15) is 25.7 Å². The summed E-state index contributed by atoms with van der Waals surface area (Å²) in [5.74, 6) is 0.296. The Morgan fingerprint density at radius 3 is 1.88 bits per heavy atom. The number of benzene rings is 2. The summed E-state index contributed by atoms with van der Waals surface area (Å²) >= 11 is 0. The van der Waals surface area contributed by atoms with Gasteiger partial charge in [0.1, 0.15) is 0 Å². The van der Waals surface area contributed by atoms with Gasteiger partial charge in [0.2, 0.25) is 0 Å². The fourth-order valence-electron chi connectivity index (χ4n) is 4.32. The van der Waals surface area contributed by atoms with Gasteiger partial charge in [-0.3, -0.25) is 0 Å². The van der Waals surface area contributed by atoms with Gasteiger partial charge >= 0.3 is 149 Å². The second kappa shape index (κ2) is 6.78. The summed E-state index contributed by atoms with van der Waals surface area (Å²) in [5.41, 5.74) is 2.18. The fourth-order valence-corrected chi connectivity index (χ4v) is 8.51. The predicted molar refractivity (Wildman–Crippen MR) is 105 cm³/mol. The first-order valence-electron chi connectivity index (χ1n) is 9.09. The molecule has 2 fully saturated rings. The van der Waals surface area contributed by atoms with Crippen molar-refractivity contribution in [1.29, 1.82) is 0 Å². The number of Topliss-reactive ketones (excluding diaryl/α,β-unsaturated/α-hetero) is 1. The Bertz CT molecular complexity index is 690. The Morgan fingerprint density at radius 1 is 0.880 bits per heavy atom. The first-order valence-corrected chi connectivity index (χ1v) is 11.0. The van der Waals surface area contributed by atoms with E-state index in [0.29, 0.717) is 18.6 Å². The third-order valence-corrected chi connectivity index (χ3v) is 9.65. The monoisotopic (exact) mass is 356 g/mol. The summed E-state index contributed by atoms with van der Waals surface area (Å²) in [4.78, 5) is 24.2. The summed E-state index contributed by atoms with van der Waals surface area (Å²) in [6, 6.07) is 20.3. The second-order valence-corrected chi connectivity index (χ2v) is 10.3. The molecular weight excluding hydrogens is 331 g/mol. The van der Waals surface area contributed by atoms with Gasteiger partial charge in [-0.2, -0.15) is 0 Å². The van der Waals surface area contributed by atoms with Crippen molar-refractivity contribution in [3.8, 4) is 0 Å². The molecule has 25 heavy (non-hydrogen) atoms. The molecule has 132 valence electrons. The zero-order valence-corrected chi connectivity index (χ0v) is 15.3. The van der Waals surface area contributed by atoms with Crippen molar-refractivity contribution in [2.45, 2.75) is 31.3 Å². The molecule has 4 nitrogen and oxygen atoms in total. The van der Waals surface area contributed by atoms with Crippen molar-refractivity contribution in [3.63, 3.8) is 0 Å². The van der Waals surface area contributed by atoms with Gasteiger partial charge in [0.05, 0.1) is 0 Å². The SMILES string of the molecule is O=C1CCCC([PH]2(O)N(c3ccccc3)CCN2c2ccccc2)C1. The van der Waals surface area contributed by atoms with E-state index in [4.69, 9.17) is 0 Å². The Balaban J connectivity index is 1.76. The van der Waals surface area contributed by atoms with E-state index in [1.165, 1.54) is 0 Å². The summed E-state index contributed by atoms with van der Waals surface area (Å²) < 4.78 is 4.42. The molecule has 1 aliphatic carbocycles. The first kappa shape index (κ1) is 16.6. The molecule has 0 aromatic heterocycles. The molecule has 1 heterocycles. The predicted octanol–water partition coefficient (Wildman–Crippen LogP) is 4.01. The van der Waals surface area contributed by atoms with Crippen LogP contribution in [-0.2, 0) is 4.79 Å². The standard InChI is InChI=1S/C20H25N2O2P/c23-19-12-7-13-20(16-19)25(24)21(17-8-3-1-4-9-17)14-15-22(25)18-10-5-2-6-11-18/h1-6,8-11,20,24-25H,7,12-16H2. The molecule has 1 atom stereocenters. The van der Waals surface area contributed by atoms with Crippen molar-refractivity contribution < 1.29 is 9.69 Å². The molecule has 2 aromatic rings. The van der Waals surface area contributed by atoms with Crippen LogP contribution < -0.4 is 9.34 Å². The minimum atomic E-state index is -3.02. The first-order chi connectivity index (χ1) is 12.2. The fraction of sp³-hybridized carbons (Fsp3) is 0.350. The van der Waals surface area contributed by atoms with Gasteiger partial charge in [-0.15, -0.1) is 0 Å². The molecule has 2 aromatic carbocycles. The van der Waals surface area contributed by atoms with Crippen LogP contribution >= 0.6 is 7.79 Å². The maximum atomic E-state index is 12.1. The third-order valence-electron chi connectivity index (χ3n) is 5.51. The molecular formula is C20H25N2O2P. The van der Waals surface area contributed by atoms with Crippen molar-refractivity contribution in [2.24, 2.45) is 0 Å². The van der Waals surface area contributed by atoms with E-state index >= 15 is 0 Å². The van der Waals surface area contributed by atoms with E-state index in [0.717, 1.165) is 37.3 Å². The van der Waals surface area contributed by atoms with Gasteiger partial charge in [0, 0.05) is 0 Å². The number of ketones is 1. The molecule has 0 amide bonds. The Labute approximate surface area is 149 Å². The van der Waals surface area contributed by atoms with Crippen molar-refractivity contribution in [1.82, 2.24) is 0 Å². The molecule has 5 heteroatoms. The summed E-state index contributed by atoms with van der Waals surface area (Å²) in [5, 5.41) is 0. The number of anilines is 2. The average Bonchev–Trinajstić information content (AvgIpc) is 3.02. The summed E-state index contributed by atoms with van der Waals surface area (Å²) in [6.45, 7) is 1.60. The van der Waals surface area contributed by atoms with Crippen LogP contribution in [0.2, 0.25) is 0 Å². The number of carbonyl (C=O) groups excluding carboxylic acids is 1. The summed E-state index contributed by atoms with van der Waals surface area (Å²) in [6.07, 6.45) is 3.00. The van der Waals surface area contributed by atoms with E-state index in [1.807, 2.05) is 36.4 Å².